The SMILES string of the molecule is C[C@@H]1C[C@@H]2C[C@]13Cc1c(ccc4[nH]ncc14)C3=C(C(F)(F)F)[C@@H]2O. The molecule has 0 unspecified atom stereocenters. The summed E-state index contributed by atoms with van der Waals surface area (Å²) >= 11 is 0. The highest BCUT2D eigenvalue weighted by molar-refractivity contribution is 5.93. The molecule has 0 amide bonds. The first-order valence-electron chi connectivity index (χ1n) is 8.28. The van der Waals surface area contributed by atoms with E-state index in [-0.39, 0.29) is 11.8 Å². The van der Waals surface area contributed by atoms with Crippen molar-refractivity contribution in [2.45, 2.75) is 38.5 Å². The molecule has 1 saturated carbocycles. The van der Waals surface area contributed by atoms with E-state index in [0.29, 0.717) is 30.4 Å². The lowest BCUT2D eigenvalue weighted by Gasteiger charge is -2.38. The molecule has 1 heterocycles. The Morgan fingerprint density at radius 1 is 1.33 bits per heavy atom. The summed E-state index contributed by atoms with van der Waals surface area (Å²) in [4.78, 5) is 0. The number of rotatable bonds is 0. The van der Waals surface area contributed by atoms with Crippen molar-refractivity contribution >= 4 is 16.5 Å². The van der Waals surface area contributed by atoms with Gasteiger partial charge in [-0.3, -0.25) is 5.10 Å². The van der Waals surface area contributed by atoms with Crippen molar-refractivity contribution in [2.24, 2.45) is 17.3 Å². The Morgan fingerprint density at radius 3 is 2.88 bits per heavy atom. The van der Waals surface area contributed by atoms with Crippen molar-refractivity contribution in [3.63, 3.8) is 0 Å². The maximum Gasteiger partial charge on any atom is 0.415 e. The number of halogens is 3. The van der Waals surface area contributed by atoms with Gasteiger partial charge in [-0.2, -0.15) is 18.3 Å². The molecule has 1 aromatic heterocycles. The Labute approximate surface area is 136 Å². The van der Waals surface area contributed by atoms with Gasteiger partial charge in [-0.25, -0.2) is 0 Å². The molecular weight excluding hydrogens is 317 g/mol. The predicted octanol–water partition coefficient (Wildman–Crippen LogP) is 3.84. The second-order valence-electron chi connectivity index (χ2n) is 7.59. The number of fused-ring (bicyclic) bond motifs is 5. The first-order valence-corrected chi connectivity index (χ1v) is 8.28. The molecule has 24 heavy (non-hydrogen) atoms. The fraction of sp³-hybridized carbons (Fsp3) is 0.500. The average molecular weight is 334 g/mol. The third kappa shape index (κ3) is 1.55. The van der Waals surface area contributed by atoms with E-state index in [1.54, 1.807) is 18.3 Å². The van der Waals surface area contributed by atoms with E-state index in [4.69, 9.17) is 0 Å². The Kier molecular flexibility index (Phi) is 2.56. The first-order chi connectivity index (χ1) is 11.3. The Bertz CT molecular complexity index is 897. The number of hydrogen-bond acceptors (Lipinski definition) is 2. The van der Waals surface area contributed by atoms with Crippen LogP contribution in [0.5, 0.6) is 0 Å². The summed E-state index contributed by atoms with van der Waals surface area (Å²) in [6, 6.07) is 3.56. The third-order valence-electron chi connectivity index (χ3n) is 6.54. The molecule has 2 N–H and O–H groups in total. The number of aliphatic hydroxyl groups is 1. The summed E-state index contributed by atoms with van der Waals surface area (Å²) < 4.78 is 41.5. The van der Waals surface area contributed by atoms with E-state index in [1.807, 2.05) is 6.92 Å². The second kappa shape index (κ2) is 4.23. The van der Waals surface area contributed by atoms with E-state index in [2.05, 4.69) is 10.2 Å². The number of nitrogens with one attached hydrogen (secondary N) is 1. The monoisotopic (exact) mass is 334 g/mol. The molecule has 126 valence electrons. The van der Waals surface area contributed by atoms with Crippen LogP contribution in [0.3, 0.4) is 0 Å². The lowest BCUT2D eigenvalue weighted by atomic mass is 9.67. The summed E-state index contributed by atoms with van der Waals surface area (Å²) in [5.41, 5.74) is 1.59. The normalized spacial score (nSPS) is 34.8. The Morgan fingerprint density at radius 2 is 2.12 bits per heavy atom. The molecule has 3 aliphatic rings. The van der Waals surface area contributed by atoms with Gasteiger partial charge in [0.1, 0.15) is 0 Å². The molecule has 1 spiro atoms. The van der Waals surface area contributed by atoms with E-state index >= 15 is 0 Å². The summed E-state index contributed by atoms with van der Waals surface area (Å²) in [5.74, 6) is -0.170. The summed E-state index contributed by atoms with van der Waals surface area (Å²) in [5, 5.41) is 18.3. The smallest absolute Gasteiger partial charge is 0.388 e. The highest BCUT2D eigenvalue weighted by Gasteiger charge is 2.62. The molecule has 4 atom stereocenters. The number of aromatic amines is 1. The molecule has 2 bridgehead atoms. The molecule has 5 rings (SSSR count). The molecule has 0 aliphatic heterocycles. The minimum atomic E-state index is -4.50. The number of aromatic nitrogens is 2. The zero-order chi connectivity index (χ0) is 16.9. The van der Waals surface area contributed by atoms with Gasteiger partial charge in [-0.05, 0) is 53.9 Å². The number of alkyl halides is 3. The van der Waals surface area contributed by atoms with Crippen LogP contribution < -0.4 is 0 Å². The molecule has 0 saturated heterocycles. The van der Waals surface area contributed by atoms with Gasteiger partial charge >= 0.3 is 6.18 Å². The average Bonchev–Trinajstić information content (AvgIpc) is 3.15. The van der Waals surface area contributed by atoms with Crippen LogP contribution in [0, 0.1) is 17.3 Å². The number of aliphatic hydroxyl groups excluding tert-OH is 1. The summed E-state index contributed by atoms with van der Waals surface area (Å²) in [7, 11) is 0. The molecule has 2 aromatic rings. The van der Waals surface area contributed by atoms with E-state index in [0.717, 1.165) is 16.5 Å². The van der Waals surface area contributed by atoms with Crippen molar-refractivity contribution in [2.75, 3.05) is 0 Å². The van der Waals surface area contributed by atoms with Crippen molar-refractivity contribution in [3.8, 4) is 0 Å². The maximum absolute atomic E-state index is 13.8. The van der Waals surface area contributed by atoms with Gasteiger partial charge in [0, 0.05) is 10.8 Å². The highest BCUT2D eigenvalue weighted by Crippen LogP contribution is 2.67. The predicted molar refractivity (Wildman–Crippen MR) is 83.1 cm³/mol. The van der Waals surface area contributed by atoms with Gasteiger partial charge in [-0.1, -0.05) is 13.0 Å². The van der Waals surface area contributed by atoms with Crippen LogP contribution in [-0.2, 0) is 6.42 Å². The van der Waals surface area contributed by atoms with Crippen LogP contribution in [0.25, 0.3) is 16.5 Å². The van der Waals surface area contributed by atoms with Gasteiger partial charge in [0.2, 0.25) is 0 Å². The zero-order valence-electron chi connectivity index (χ0n) is 13.1. The topological polar surface area (TPSA) is 48.9 Å². The van der Waals surface area contributed by atoms with Crippen LogP contribution in [0.2, 0.25) is 0 Å². The largest absolute Gasteiger partial charge is 0.415 e. The minimum absolute atomic E-state index is 0.126. The number of benzene rings is 1. The molecule has 1 fully saturated rings. The van der Waals surface area contributed by atoms with Crippen LogP contribution in [0.4, 0.5) is 13.2 Å². The summed E-state index contributed by atoms with van der Waals surface area (Å²) in [6.45, 7) is 2.03. The van der Waals surface area contributed by atoms with Crippen LogP contribution >= 0.6 is 0 Å². The maximum atomic E-state index is 13.8. The standard InChI is InChI=1S/C18H17F3N2O/c1-8-4-9-5-17(8)6-11-10(2-3-13-12(11)7-22-23-13)14(17)15(16(9)24)18(19,20)21/h2-3,7-9,16,24H,4-6H2,1H3,(H,22,23)/t8-,9-,16-,17+/m1/s1. The molecule has 3 nitrogen and oxygen atoms in total. The Balaban J connectivity index is 1.89. The van der Waals surface area contributed by atoms with Crippen molar-refractivity contribution < 1.29 is 18.3 Å². The Hall–Kier alpha value is -1.82. The number of allylic oxidation sites excluding steroid dienone is 1. The fourth-order valence-corrected chi connectivity index (χ4v) is 5.55. The van der Waals surface area contributed by atoms with E-state index in [9.17, 15) is 18.3 Å². The molecule has 1 aromatic carbocycles. The van der Waals surface area contributed by atoms with Crippen LogP contribution in [0.1, 0.15) is 30.9 Å². The molecule has 3 aliphatic carbocycles. The lowest BCUT2D eigenvalue weighted by molar-refractivity contribution is -0.111. The van der Waals surface area contributed by atoms with E-state index < -0.39 is 23.3 Å². The lowest BCUT2D eigenvalue weighted by Crippen LogP contribution is -2.38. The van der Waals surface area contributed by atoms with Gasteiger partial charge in [-0.15, -0.1) is 0 Å². The first kappa shape index (κ1) is 14.5. The second-order valence-corrected chi connectivity index (χ2v) is 7.59. The zero-order valence-corrected chi connectivity index (χ0v) is 13.1. The van der Waals surface area contributed by atoms with Crippen molar-refractivity contribution in [1.82, 2.24) is 10.2 Å². The van der Waals surface area contributed by atoms with Crippen molar-refractivity contribution in [3.05, 3.63) is 35.0 Å². The summed E-state index contributed by atoms with van der Waals surface area (Å²) in [6.07, 6.45) is -2.33. The number of hydrogen-bond donors (Lipinski definition) is 2. The van der Waals surface area contributed by atoms with Gasteiger partial charge < -0.3 is 5.11 Å². The quantitative estimate of drug-likeness (QED) is 0.769. The van der Waals surface area contributed by atoms with Crippen LogP contribution in [0.15, 0.2) is 23.9 Å². The van der Waals surface area contributed by atoms with Gasteiger partial charge in [0.25, 0.3) is 0 Å². The van der Waals surface area contributed by atoms with Crippen molar-refractivity contribution in [1.29, 1.82) is 0 Å². The van der Waals surface area contributed by atoms with Crippen LogP contribution in [-0.4, -0.2) is 27.6 Å². The molecular formula is C18H17F3N2O. The van der Waals surface area contributed by atoms with Gasteiger partial charge in [0.05, 0.1) is 23.4 Å². The minimum Gasteiger partial charge on any atom is -0.388 e. The number of nitrogens with zero attached hydrogens (tertiary/aromatic N) is 1. The van der Waals surface area contributed by atoms with Gasteiger partial charge in [0.15, 0.2) is 0 Å². The number of H-pyrrole nitrogens is 1. The third-order valence-corrected chi connectivity index (χ3v) is 6.54. The fourth-order valence-electron chi connectivity index (χ4n) is 5.55. The molecule has 0 radical (unpaired) electrons. The molecule has 6 heteroatoms. The van der Waals surface area contributed by atoms with E-state index in [1.165, 1.54) is 0 Å². The highest BCUT2D eigenvalue weighted by atomic mass is 19.4.